The molecule has 19 heavy (non-hydrogen) atoms. The van der Waals surface area contributed by atoms with Crippen molar-refractivity contribution in [3.05, 3.63) is 47.4 Å². The Bertz CT molecular complexity index is 670. The fourth-order valence-corrected chi connectivity index (χ4v) is 2.24. The molecule has 0 radical (unpaired) electrons. The highest BCUT2D eigenvalue weighted by Crippen LogP contribution is 2.32. The van der Waals surface area contributed by atoms with Crippen molar-refractivity contribution in [3.63, 3.8) is 0 Å². The molecule has 4 nitrogen and oxygen atoms in total. The number of benzene rings is 1. The highest BCUT2D eigenvalue weighted by atomic mass is 19.1. The predicted octanol–water partition coefficient (Wildman–Crippen LogP) is 2.14. The molecule has 1 aromatic heterocycles. The number of rotatable bonds is 2. The molecule has 0 aliphatic carbocycles. The van der Waals surface area contributed by atoms with Gasteiger partial charge >= 0.3 is 0 Å². The number of halogens is 1. The third kappa shape index (κ3) is 1.83. The SMILES string of the molecule is COc1cc(-c2cccc3c2CNC3=O)c(F)cn1. The molecule has 0 spiro atoms. The van der Waals surface area contributed by atoms with Gasteiger partial charge in [0.2, 0.25) is 5.88 Å². The van der Waals surface area contributed by atoms with Crippen molar-refractivity contribution in [1.82, 2.24) is 10.3 Å². The van der Waals surface area contributed by atoms with Crippen molar-refractivity contribution >= 4 is 5.91 Å². The molecule has 1 amide bonds. The summed E-state index contributed by atoms with van der Waals surface area (Å²) < 4.78 is 18.9. The number of nitrogens with one attached hydrogen (secondary N) is 1. The number of nitrogens with zero attached hydrogens (tertiary/aromatic N) is 1. The Hall–Kier alpha value is -2.43. The maximum Gasteiger partial charge on any atom is 0.251 e. The Morgan fingerprint density at radius 2 is 2.11 bits per heavy atom. The van der Waals surface area contributed by atoms with Gasteiger partial charge in [0.25, 0.3) is 5.91 Å². The molecule has 0 fully saturated rings. The number of hydrogen-bond donors (Lipinski definition) is 1. The summed E-state index contributed by atoms with van der Waals surface area (Å²) in [6.07, 6.45) is 1.12. The van der Waals surface area contributed by atoms with Gasteiger partial charge in [-0.15, -0.1) is 0 Å². The lowest BCUT2D eigenvalue weighted by Gasteiger charge is -2.09. The fraction of sp³-hybridized carbons (Fsp3) is 0.143. The smallest absolute Gasteiger partial charge is 0.251 e. The first-order valence-corrected chi connectivity index (χ1v) is 5.80. The summed E-state index contributed by atoms with van der Waals surface area (Å²) in [6, 6.07) is 6.80. The largest absolute Gasteiger partial charge is 0.481 e. The number of hydrogen-bond acceptors (Lipinski definition) is 3. The zero-order valence-corrected chi connectivity index (χ0v) is 10.2. The van der Waals surface area contributed by atoms with Gasteiger partial charge in [0.05, 0.1) is 13.3 Å². The van der Waals surface area contributed by atoms with Gasteiger partial charge in [-0.05, 0) is 17.2 Å². The molecule has 0 unspecified atom stereocenters. The van der Waals surface area contributed by atoms with Gasteiger partial charge in [0, 0.05) is 23.7 Å². The molecule has 1 aliphatic heterocycles. The highest BCUT2D eigenvalue weighted by molar-refractivity contribution is 6.00. The van der Waals surface area contributed by atoms with Crippen LogP contribution in [0.2, 0.25) is 0 Å². The van der Waals surface area contributed by atoms with E-state index in [0.717, 1.165) is 11.8 Å². The second kappa shape index (κ2) is 4.35. The Morgan fingerprint density at radius 1 is 1.32 bits per heavy atom. The third-order valence-electron chi connectivity index (χ3n) is 3.18. The minimum atomic E-state index is -0.437. The molecule has 0 bridgehead atoms. The van der Waals surface area contributed by atoms with E-state index in [-0.39, 0.29) is 5.91 Å². The molecular weight excluding hydrogens is 247 g/mol. The standard InChI is InChI=1S/C14H11FN2O2/c1-19-13-5-10(12(15)7-16-13)8-3-2-4-9-11(8)6-17-14(9)18/h2-5,7H,6H2,1H3,(H,17,18). The van der Waals surface area contributed by atoms with Crippen LogP contribution in [0.25, 0.3) is 11.1 Å². The highest BCUT2D eigenvalue weighted by Gasteiger charge is 2.23. The van der Waals surface area contributed by atoms with Crippen LogP contribution >= 0.6 is 0 Å². The summed E-state index contributed by atoms with van der Waals surface area (Å²) in [4.78, 5) is 15.4. The minimum Gasteiger partial charge on any atom is -0.481 e. The van der Waals surface area contributed by atoms with Gasteiger partial charge in [-0.2, -0.15) is 0 Å². The average molecular weight is 258 g/mol. The summed E-state index contributed by atoms with van der Waals surface area (Å²) in [5, 5.41) is 2.73. The van der Waals surface area contributed by atoms with Crippen molar-refractivity contribution < 1.29 is 13.9 Å². The molecule has 2 aromatic rings. The molecule has 1 aliphatic rings. The van der Waals surface area contributed by atoms with Crippen molar-refractivity contribution in [1.29, 1.82) is 0 Å². The number of aromatic nitrogens is 1. The molecule has 0 atom stereocenters. The number of carbonyl (C=O) groups is 1. The molecule has 3 rings (SSSR count). The molecule has 2 heterocycles. The maximum atomic E-state index is 13.9. The lowest BCUT2D eigenvalue weighted by molar-refractivity contribution is 0.0966. The minimum absolute atomic E-state index is 0.127. The second-order valence-corrected chi connectivity index (χ2v) is 4.22. The Labute approximate surface area is 109 Å². The number of ether oxygens (including phenoxy) is 1. The van der Waals surface area contributed by atoms with Gasteiger partial charge in [-0.3, -0.25) is 4.79 Å². The summed E-state index contributed by atoms with van der Waals surface area (Å²) in [6.45, 7) is 0.411. The topological polar surface area (TPSA) is 51.2 Å². The van der Waals surface area contributed by atoms with E-state index < -0.39 is 5.82 Å². The van der Waals surface area contributed by atoms with E-state index in [9.17, 15) is 9.18 Å². The van der Waals surface area contributed by atoms with Gasteiger partial charge in [0.15, 0.2) is 0 Å². The number of amides is 1. The monoisotopic (exact) mass is 258 g/mol. The first-order valence-electron chi connectivity index (χ1n) is 5.80. The van der Waals surface area contributed by atoms with Crippen molar-refractivity contribution in [3.8, 4) is 17.0 Å². The van der Waals surface area contributed by atoms with Crippen LogP contribution in [0.15, 0.2) is 30.5 Å². The lowest BCUT2D eigenvalue weighted by atomic mass is 9.97. The van der Waals surface area contributed by atoms with Gasteiger partial charge in [-0.25, -0.2) is 9.37 Å². The molecule has 0 saturated carbocycles. The van der Waals surface area contributed by atoms with Gasteiger partial charge < -0.3 is 10.1 Å². The van der Waals surface area contributed by atoms with Crippen LogP contribution in [-0.2, 0) is 6.54 Å². The van der Waals surface area contributed by atoms with E-state index in [1.165, 1.54) is 13.2 Å². The van der Waals surface area contributed by atoms with E-state index in [1.54, 1.807) is 18.2 Å². The molecule has 1 N–H and O–H groups in total. The van der Waals surface area contributed by atoms with Crippen LogP contribution in [-0.4, -0.2) is 18.0 Å². The average Bonchev–Trinajstić information content (AvgIpc) is 2.81. The van der Waals surface area contributed by atoms with Crippen LogP contribution < -0.4 is 10.1 Å². The predicted molar refractivity (Wildman–Crippen MR) is 67.4 cm³/mol. The van der Waals surface area contributed by atoms with Crippen LogP contribution in [0.1, 0.15) is 15.9 Å². The van der Waals surface area contributed by atoms with Gasteiger partial charge in [0.1, 0.15) is 5.82 Å². The zero-order valence-electron chi connectivity index (χ0n) is 10.2. The number of carbonyl (C=O) groups excluding carboxylic acids is 1. The Morgan fingerprint density at radius 3 is 2.89 bits per heavy atom. The fourth-order valence-electron chi connectivity index (χ4n) is 2.24. The first kappa shape index (κ1) is 11.6. The Kier molecular flexibility index (Phi) is 2.67. The molecule has 96 valence electrons. The second-order valence-electron chi connectivity index (χ2n) is 4.22. The number of fused-ring (bicyclic) bond motifs is 1. The molecule has 5 heteroatoms. The van der Waals surface area contributed by atoms with E-state index in [1.807, 2.05) is 0 Å². The van der Waals surface area contributed by atoms with Crippen molar-refractivity contribution in [2.75, 3.05) is 7.11 Å². The van der Waals surface area contributed by atoms with E-state index in [0.29, 0.717) is 29.1 Å². The van der Waals surface area contributed by atoms with E-state index in [4.69, 9.17) is 4.74 Å². The van der Waals surface area contributed by atoms with Crippen LogP contribution in [0.4, 0.5) is 4.39 Å². The zero-order chi connectivity index (χ0) is 13.4. The summed E-state index contributed by atoms with van der Waals surface area (Å²) in [5.41, 5.74) is 2.47. The van der Waals surface area contributed by atoms with Crippen LogP contribution in [0, 0.1) is 5.82 Å². The lowest BCUT2D eigenvalue weighted by Crippen LogP contribution is -2.12. The van der Waals surface area contributed by atoms with E-state index >= 15 is 0 Å². The number of pyridine rings is 1. The van der Waals surface area contributed by atoms with Gasteiger partial charge in [-0.1, -0.05) is 12.1 Å². The quantitative estimate of drug-likeness (QED) is 0.897. The van der Waals surface area contributed by atoms with Crippen molar-refractivity contribution in [2.45, 2.75) is 6.54 Å². The third-order valence-corrected chi connectivity index (χ3v) is 3.18. The number of methoxy groups -OCH3 is 1. The summed E-state index contributed by atoms with van der Waals surface area (Å²) in [5.74, 6) is -0.224. The van der Waals surface area contributed by atoms with Crippen molar-refractivity contribution in [2.24, 2.45) is 0 Å². The molecular formula is C14H11FN2O2. The van der Waals surface area contributed by atoms with Crippen LogP contribution in [0.3, 0.4) is 0 Å². The molecule has 1 aromatic carbocycles. The normalized spacial score (nSPS) is 13.1. The Balaban J connectivity index is 2.21. The first-order chi connectivity index (χ1) is 9.20. The summed E-state index contributed by atoms with van der Waals surface area (Å²) in [7, 11) is 1.48. The molecule has 0 saturated heterocycles. The summed E-state index contributed by atoms with van der Waals surface area (Å²) >= 11 is 0. The maximum absolute atomic E-state index is 13.9. The van der Waals surface area contributed by atoms with E-state index in [2.05, 4.69) is 10.3 Å². The van der Waals surface area contributed by atoms with Crippen LogP contribution in [0.5, 0.6) is 5.88 Å².